The van der Waals surface area contributed by atoms with Crippen molar-refractivity contribution in [3.8, 4) is 0 Å². The molecule has 122 valence electrons. The fourth-order valence-corrected chi connectivity index (χ4v) is 3.96. The minimum Gasteiger partial charge on any atom is -0.351 e. The van der Waals surface area contributed by atoms with E-state index >= 15 is 0 Å². The monoisotopic (exact) mass is 351 g/mol. The molecule has 23 heavy (non-hydrogen) atoms. The molecule has 1 fully saturated rings. The molecule has 0 radical (unpaired) electrons. The highest BCUT2D eigenvalue weighted by molar-refractivity contribution is 8.15. The molecule has 0 saturated carbocycles. The second-order valence-corrected chi connectivity index (χ2v) is 7.20. The number of aliphatic imine (C=N–C) groups is 1. The molecule has 1 N–H and O–H groups in total. The van der Waals surface area contributed by atoms with E-state index < -0.39 is 5.25 Å². The number of rotatable bonds is 3. The second-order valence-electron chi connectivity index (χ2n) is 5.62. The van der Waals surface area contributed by atoms with Crippen LogP contribution < -0.4 is 5.32 Å². The van der Waals surface area contributed by atoms with Gasteiger partial charge in [0.1, 0.15) is 5.25 Å². The summed E-state index contributed by atoms with van der Waals surface area (Å²) in [6.45, 7) is 1.88. The molecule has 1 atom stereocenters. The maximum atomic E-state index is 12.1. The normalized spacial score (nSPS) is 21.3. The fourth-order valence-electron chi connectivity index (χ4n) is 2.66. The molecule has 5 nitrogen and oxygen atoms in total. The fraction of sp³-hybridized carbons (Fsp3) is 0.438. The van der Waals surface area contributed by atoms with Crippen LogP contribution in [0.15, 0.2) is 29.3 Å². The van der Waals surface area contributed by atoms with Crippen LogP contribution in [0.4, 0.5) is 5.69 Å². The molecular formula is C16H18ClN3O2S. The van der Waals surface area contributed by atoms with E-state index in [9.17, 15) is 9.59 Å². The van der Waals surface area contributed by atoms with Gasteiger partial charge < -0.3 is 10.2 Å². The average Bonchev–Trinajstić information content (AvgIpc) is 2.91. The number of hydrogen-bond acceptors (Lipinski definition) is 4. The van der Waals surface area contributed by atoms with Gasteiger partial charge in [-0.05, 0) is 31.4 Å². The van der Waals surface area contributed by atoms with Crippen molar-refractivity contribution in [2.75, 3.05) is 18.4 Å². The Morgan fingerprint density at radius 1 is 1.30 bits per heavy atom. The molecule has 2 aliphatic rings. The van der Waals surface area contributed by atoms with Gasteiger partial charge in [-0.25, -0.2) is 0 Å². The summed E-state index contributed by atoms with van der Waals surface area (Å²) in [5.41, 5.74) is 0.562. The summed E-state index contributed by atoms with van der Waals surface area (Å²) in [5.74, 6) is -0.441. The first-order valence-electron chi connectivity index (χ1n) is 7.72. The van der Waals surface area contributed by atoms with Crippen molar-refractivity contribution < 1.29 is 9.59 Å². The van der Waals surface area contributed by atoms with Crippen LogP contribution in [0.2, 0.25) is 5.02 Å². The van der Waals surface area contributed by atoms with Crippen molar-refractivity contribution in [1.29, 1.82) is 0 Å². The quantitative estimate of drug-likeness (QED) is 0.908. The van der Waals surface area contributed by atoms with Crippen molar-refractivity contribution in [1.82, 2.24) is 4.90 Å². The first-order chi connectivity index (χ1) is 11.1. The molecule has 2 aliphatic heterocycles. The Balaban J connectivity index is 1.56. The lowest BCUT2D eigenvalue weighted by atomic mass is 10.1. The summed E-state index contributed by atoms with van der Waals surface area (Å²) in [6.07, 6.45) is 3.60. The van der Waals surface area contributed by atoms with Gasteiger partial charge in [0, 0.05) is 19.5 Å². The van der Waals surface area contributed by atoms with Crippen molar-refractivity contribution >= 4 is 46.0 Å². The molecule has 0 bridgehead atoms. The number of piperidine rings is 1. The summed E-state index contributed by atoms with van der Waals surface area (Å²) in [6, 6.07) is 7.05. The Labute approximate surface area is 144 Å². The van der Waals surface area contributed by atoms with Crippen molar-refractivity contribution in [2.24, 2.45) is 4.99 Å². The molecular weight excluding hydrogens is 334 g/mol. The maximum Gasteiger partial charge on any atom is 0.262 e. The predicted molar refractivity (Wildman–Crippen MR) is 93.9 cm³/mol. The van der Waals surface area contributed by atoms with Crippen LogP contribution in [-0.4, -0.2) is 40.2 Å². The number of nitrogens with zero attached hydrogens (tertiary/aromatic N) is 2. The molecule has 2 heterocycles. The van der Waals surface area contributed by atoms with E-state index in [4.69, 9.17) is 11.6 Å². The van der Waals surface area contributed by atoms with Crippen LogP contribution in [0.25, 0.3) is 0 Å². The summed E-state index contributed by atoms with van der Waals surface area (Å²) in [5, 5.41) is 3.57. The number of nitrogens with one attached hydrogen (secondary N) is 1. The van der Waals surface area contributed by atoms with Crippen molar-refractivity contribution in [2.45, 2.75) is 30.9 Å². The van der Waals surface area contributed by atoms with Crippen molar-refractivity contribution in [3.05, 3.63) is 29.3 Å². The van der Waals surface area contributed by atoms with Crippen LogP contribution in [0.5, 0.6) is 0 Å². The van der Waals surface area contributed by atoms with Gasteiger partial charge in [0.05, 0.1) is 10.7 Å². The van der Waals surface area contributed by atoms with E-state index in [1.807, 2.05) is 0 Å². The smallest absolute Gasteiger partial charge is 0.262 e. The molecule has 3 rings (SSSR count). The highest BCUT2D eigenvalue weighted by atomic mass is 35.5. The summed E-state index contributed by atoms with van der Waals surface area (Å²) >= 11 is 7.42. The summed E-state index contributed by atoms with van der Waals surface area (Å²) < 4.78 is 0. The zero-order valence-corrected chi connectivity index (χ0v) is 14.2. The number of likely N-dealkylation sites (tertiary alicyclic amines) is 1. The largest absolute Gasteiger partial charge is 0.351 e. The number of amides is 2. The summed E-state index contributed by atoms with van der Waals surface area (Å²) in [7, 11) is 0. The SMILES string of the molecule is O=C(CC1SC(N2CCCCC2)=NC1=O)Nc1ccccc1Cl. The molecule has 2 amide bonds. The minimum absolute atomic E-state index is 0.107. The molecule has 0 aromatic heterocycles. The summed E-state index contributed by atoms with van der Waals surface area (Å²) in [4.78, 5) is 30.5. The highest BCUT2D eigenvalue weighted by Crippen LogP contribution is 2.29. The molecule has 1 aromatic carbocycles. The van der Waals surface area contributed by atoms with Gasteiger partial charge in [0.25, 0.3) is 5.91 Å². The maximum absolute atomic E-state index is 12.1. The molecule has 0 aliphatic carbocycles. The number of halogens is 1. The van der Waals surface area contributed by atoms with Crippen LogP contribution >= 0.6 is 23.4 Å². The molecule has 0 spiro atoms. The second kappa shape index (κ2) is 7.36. The standard InChI is InChI=1S/C16H18ClN3O2S/c17-11-6-2-3-7-12(11)18-14(21)10-13-15(22)19-16(23-13)20-8-4-1-5-9-20/h2-3,6-7,13H,1,4-5,8-10H2,(H,18,21). The molecule has 1 saturated heterocycles. The molecule has 1 unspecified atom stereocenters. The third-order valence-corrected chi connectivity index (χ3v) is 5.42. The number of hydrogen-bond donors (Lipinski definition) is 1. The first kappa shape index (κ1) is 16.3. The Morgan fingerprint density at radius 3 is 2.78 bits per heavy atom. The number of benzene rings is 1. The predicted octanol–water partition coefficient (Wildman–Crippen LogP) is 3.15. The van der Waals surface area contributed by atoms with Crippen LogP contribution in [-0.2, 0) is 9.59 Å². The molecule has 1 aromatic rings. The van der Waals surface area contributed by atoms with Gasteiger partial charge in [0.15, 0.2) is 5.17 Å². The average molecular weight is 352 g/mol. The van der Waals surface area contributed by atoms with Gasteiger partial charge >= 0.3 is 0 Å². The van der Waals surface area contributed by atoms with Crippen molar-refractivity contribution in [3.63, 3.8) is 0 Å². The number of anilines is 1. The Kier molecular flexibility index (Phi) is 5.23. The lowest BCUT2D eigenvalue weighted by Gasteiger charge is -2.27. The van der Waals surface area contributed by atoms with E-state index in [0.717, 1.165) is 31.1 Å². The van der Waals surface area contributed by atoms with E-state index in [2.05, 4.69) is 15.2 Å². The number of carbonyl (C=O) groups is 2. The van der Waals surface area contributed by atoms with E-state index in [1.165, 1.54) is 18.2 Å². The Hall–Kier alpha value is -1.53. The lowest BCUT2D eigenvalue weighted by molar-refractivity contribution is -0.121. The Morgan fingerprint density at radius 2 is 2.04 bits per heavy atom. The third kappa shape index (κ3) is 4.06. The first-order valence-corrected chi connectivity index (χ1v) is 8.98. The van der Waals surface area contributed by atoms with Gasteiger partial charge in [-0.2, -0.15) is 4.99 Å². The van der Waals surface area contributed by atoms with E-state index in [1.54, 1.807) is 24.3 Å². The number of thioether (sulfide) groups is 1. The third-order valence-electron chi connectivity index (χ3n) is 3.87. The van der Waals surface area contributed by atoms with Crippen LogP contribution in [0.1, 0.15) is 25.7 Å². The van der Waals surface area contributed by atoms with E-state index in [-0.39, 0.29) is 18.2 Å². The zero-order chi connectivity index (χ0) is 16.2. The molecule has 7 heteroatoms. The van der Waals surface area contributed by atoms with Gasteiger partial charge in [-0.1, -0.05) is 35.5 Å². The van der Waals surface area contributed by atoms with Crippen LogP contribution in [0, 0.1) is 0 Å². The van der Waals surface area contributed by atoms with E-state index in [0.29, 0.717) is 10.7 Å². The number of para-hydroxylation sites is 1. The number of carbonyl (C=O) groups excluding carboxylic acids is 2. The zero-order valence-electron chi connectivity index (χ0n) is 12.6. The number of amidine groups is 1. The van der Waals surface area contributed by atoms with Gasteiger partial charge in [-0.3, -0.25) is 9.59 Å². The highest BCUT2D eigenvalue weighted by Gasteiger charge is 2.33. The van der Waals surface area contributed by atoms with Crippen LogP contribution in [0.3, 0.4) is 0 Å². The lowest BCUT2D eigenvalue weighted by Crippen LogP contribution is -2.33. The Bertz CT molecular complexity index is 644. The van der Waals surface area contributed by atoms with Gasteiger partial charge in [0.2, 0.25) is 5.91 Å². The topological polar surface area (TPSA) is 61.8 Å². The van der Waals surface area contributed by atoms with Gasteiger partial charge in [-0.15, -0.1) is 0 Å². The minimum atomic E-state index is -0.436.